The molecule has 1 aliphatic rings. The maximum absolute atomic E-state index is 11.9. The summed E-state index contributed by atoms with van der Waals surface area (Å²) in [6, 6.07) is 7.37. The molecule has 1 fully saturated rings. The number of aromatic nitrogens is 1. The van der Waals surface area contributed by atoms with Gasteiger partial charge in [0.25, 0.3) is 0 Å². The smallest absolute Gasteiger partial charge is 0.227 e. The van der Waals surface area contributed by atoms with Crippen molar-refractivity contribution < 1.29 is 4.79 Å². The van der Waals surface area contributed by atoms with Gasteiger partial charge in [-0.05, 0) is 24.6 Å². The van der Waals surface area contributed by atoms with E-state index in [9.17, 15) is 4.79 Å². The largest absolute Gasteiger partial charge is 0.330 e. The minimum Gasteiger partial charge on any atom is -0.330 e. The summed E-state index contributed by atoms with van der Waals surface area (Å²) in [5.74, 6) is 0.154. The normalized spacial score (nSPS) is 20.0. The third kappa shape index (κ3) is 2.39. The zero-order valence-corrected chi connectivity index (χ0v) is 9.91. The standard InChI is InChI=1S/C13H14N4O/c14-5-4-12(11-3-1-2-6-16-11)17-9-10(8-15)7-13(17)18/h1-4,6,10H,7-9,15H2. The number of allylic oxidation sites excluding steroid dienone is 1. The fourth-order valence-electron chi connectivity index (χ4n) is 2.04. The lowest BCUT2D eigenvalue weighted by Crippen LogP contribution is -2.25. The van der Waals surface area contributed by atoms with Gasteiger partial charge in [0.05, 0.1) is 17.5 Å². The van der Waals surface area contributed by atoms with Gasteiger partial charge in [-0.2, -0.15) is 5.26 Å². The number of carbonyl (C=O) groups is 1. The first-order valence-corrected chi connectivity index (χ1v) is 5.78. The van der Waals surface area contributed by atoms with E-state index < -0.39 is 0 Å². The molecule has 1 saturated heterocycles. The van der Waals surface area contributed by atoms with Gasteiger partial charge in [0, 0.05) is 25.2 Å². The van der Waals surface area contributed by atoms with Crippen LogP contribution in [0.15, 0.2) is 30.5 Å². The quantitative estimate of drug-likeness (QED) is 0.793. The molecule has 5 heteroatoms. The Labute approximate surface area is 106 Å². The van der Waals surface area contributed by atoms with Crippen LogP contribution in [0.5, 0.6) is 0 Å². The van der Waals surface area contributed by atoms with Crippen molar-refractivity contribution in [3.05, 3.63) is 36.2 Å². The summed E-state index contributed by atoms with van der Waals surface area (Å²) in [5, 5.41) is 8.85. The molecule has 2 heterocycles. The molecule has 0 radical (unpaired) electrons. The molecular weight excluding hydrogens is 228 g/mol. The van der Waals surface area contributed by atoms with Crippen LogP contribution in [-0.4, -0.2) is 28.9 Å². The molecule has 18 heavy (non-hydrogen) atoms. The first kappa shape index (κ1) is 12.3. The Morgan fingerprint density at radius 3 is 3.06 bits per heavy atom. The number of likely N-dealkylation sites (tertiary alicyclic amines) is 1. The highest BCUT2D eigenvalue weighted by Crippen LogP contribution is 2.26. The molecule has 0 saturated carbocycles. The lowest BCUT2D eigenvalue weighted by molar-refractivity contribution is -0.125. The Morgan fingerprint density at radius 2 is 2.50 bits per heavy atom. The summed E-state index contributed by atoms with van der Waals surface area (Å²) in [5.41, 5.74) is 6.78. The second kappa shape index (κ2) is 5.43. The van der Waals surface area contributed by atoms with Gasteiger partial charge < -0.3 is 10.6 Å². The van der Waals surface area contributed by atoms with Crippen molar-refractivity contribution in [3.63, 3.8) is 0 Å². The van der Waals surface area contributed by atoms with Crippen LogP contribution in [-0.2, 0) is 4.79 Å². The Balaban J connectivity index is 2.31. The van der Waals surface area contributed by atoms with Gasteiger partial charge in [-0.1, -0.05) is 6.07 Å². The Morgan fingerprint density at radius 1 is 1.67 bits per heavy atom. The molecule has 1 aromatic rings. The second-order valence-corrected chi connectivity index (χ2v) is 4.18. The molecule has 1 unspecified atom stereocenters. The molecule has 1 atom stereocenters. The Kier molecular flexibility index (Phi) is 3.70. The topological polar surface area (TPSA) is 83.0 Å². The van der Waals surface area contributed by atoms with Crippen LogP contribution >= 0.6 is 0 Å². The molecule has 1 aromatic heterocycles. The average molecular weight is 242 g/mol. The maximum atomic E-state index is 11.9. The van der Waals surface area contributed by atoms with Crippen molar-refractivity contribution in [3.8, 4) is 6.07 Å². The van der Waals surface area contributed by atoms with E-state index in [-0.39, 0.29) is 11.8 Å². The molecular formula is C13H14N4O. The molecule has 2 N–H and O–H groups in total. The van der Waals surface area contributed by atoms with Gasteiger partial charge in [-0.25, -0.2) is 0 Å². The summed E-state index contributed by atoms with van der Waals surface area (Å²) in [6.45, 7) is 1.03. The van der Waals surface area contributed by atoms with Crippen LogP contribution < -0.4 is 5.73 Å². The fraction of sp³-hybridized carbons (Fsp3) is 0.308. The van der Waals surface area contributed by atoms with Crippen molar-refractivity contribution in [2.45, 2.75) is 6.42 Å². The molecule has 0 bridgehead atoms. The van der Waals surface area contributed by atoms with E-state index in [1.807, 2.05) is 12.1 Å². The van der Waals surface area contributed by atoms with E-state index >= 15 is 0 Å². The van der Waals surface area contributed by atoms with Gasteiger partial charge in [0.15, 0.2) is 0 Å². The van der Waals surface area contributed by atoms with E-state index in [4.69, 9.17) is 11.0 Å². The van der Waals surface area contributed by atoms with E-state index in [1.165, 1.54) is 6.08 Å². The first-order chi connectivity index (χ1) is 8.76. The third-order valence-corrected chi connectivity index (χ3v) is 2.96. The van der Waals surface area contributed by atoms with E-state index in [2.05, 4.69) is 4.98 Å². The van der Waals surface area contributed by atoms with E-state index in [0.29, 0.717) is 30.9 Å². The number of hydrogen-bond acceptors (Lipinski definition) is 4. The average Bonchev–Trinajstić information content (AvgIpc) is 2.78. The van der Waals surface area contributed by atoms with Crippen molar-refractivity contribution in [1.82, 2.24) is 9.88 Å². The van der Waals surface area contributed by atoms with E-state index in [0.717, 1.165) is 0 Å². The van der Waals surface area contributed by atoms with Crippen LogP contribution in [0.3, 0.4) is 0 Å². The lowest BCUT2D eigenvalue weighted by atomic mass is 10.1. The summed E-state index contributed by atoms with van der Waals surface area (Å²) < 4.78 is 0. The van der Waals surface area contributed by atoms with Crippen molar-refractivity contribution in [2.24, 2.45) is 11.7 Å². The van der Waals surface area contributed by atoms with Crippen molar-refractivity contribution >= 4 is 11.6 Å². The molecule has 92 valence electrons. The first-order valence-electron chi connectivity index (χ1n) is 5.78. The highest BCUT2D eigenvalue weighted by Gasteiger charge is 2.31. The molecule has 0 spiro atoms. The zero-order chi connectivity index (χ0) is 13.0. The Hall–Kier alpha value is -2.19. The number of carbonyl (C=O) groups excluding carboxylic acids is 1. The zero-order valence-electron chi connectivity index (χ0n) is 9.91. The molecule has 2 rings (SSSR count). The summed E-state index contributed by atoms with van der Waals surface area (Å²) in [4.78, 5) is 17.7. The maximum Gasteiger partial charge on any atom is 0.227 e. The van der Waals surface area contributed by atoms with Crippen LogP contribution in [0, 0.1) is 17.2 Å². The molecule has 0 aliphatic carbocycles. The third-order valence-electron chi connectivity index (χ3n) is 2.96. The summed E-state index contributed by atoms with van der Waals surface area (Å²) in [7, 11) is 0. The van der Waals surface area contributed by atoms with Gasteiger partial charge in [0.1, 0.15) is 0 Å². The van der Waals surface area contributed by atoms with Crippen molar-refractivity contribution in [1.29, 1.82) is 5.26 Å². The van der Waals surface area contributed by atoms with E-state index in [1.54, 1.807) is 23.2 Å². The molecule has 1 amide bonds. The Bertz CT molecular complexity index is 503. The summed E-state index contributed by atoms with van der Waals surface area (Å²) >= 11 is 0. The van der Waals surface area contributed by atoms with Crippen LogP contribution in [0.4, 0.5) is 0 Å². The highest BCUT2D eigenvalue weighted by molar-refractivity contribution is 5.88. The predicted octanol–water partition coefficient (Wildman–Crippen LogP) is 0.753. The second-order valence-electron chi connectivity index (χ2n) is 4.18. The number of amides is 1. The predicted molar refractivity (Wildman–Crippen MR) is 66.7 cm³/mol. The number of rotatable bonds is 3. The molecule has 1 aliphatic heterocycles. The number of hydrogen-bond donors (Lipinski definition) is 1. The summed E-state index contributed by atoms with van der Waals surface area (Å²) in [6.07, 6.45) is 3.44. The number of nitriles is 1. The van der Waals surface area contributed by atoms with Gasteiger partial charge in [-0.3, -0.25) is 9.78 Å². The monoisotopic (exact) mass is 242 g/mol. The lowest BCUT2D eigenvalue weighted by Gasteiger charge is -2.19. The number of nitrogens with zero attached hydrogens (tertiary/aromatic N) is 3. The van der Waals surface area contributed by atoms with Crippen LogP contribution in [0.1, 0.15) is 12.1 Å². The van der Waals surface area contributed by atoms with Gasteiger partial charge in [0.2, 0.25) is 5.91 Å². The van der Waals surface area contributed by atoms with Crippen LogP contribution in [0.25, 0.3) is 5.70 Å². The van der Waals surface area contributed by atoms with Gasteiger partial charge in [-0.15, -0.1) is 0 Å². The molecule has 5 nitrogen and oxygen atoms in total. The number of nitrogens with two attached hydrogens (primary N) is 1. The number of pyridine rings is 1. The van der Waals surface area contributed by atoms with Crippen LogP contribution in [0.2, 0.25) is 0 Å². The SMILES string of the molecule is N#CC=C(c1ccccn1)N1CC(CN)CC1=O. The molecule has 0 aromatic carbocycles. The highest BCUT2D eigenvalue weighted by atomic mass is 16.2. The van der Waals surface area contributed by atoms with Crippen molar-refractivity contribution in [2.75, 3.05) is 13.1 Å². The fourth-order valence-corrected chi connectivity index (χ4v) is 2.04. The minimum atomic E-state index is -0.00222. The van der Waals surface area contributed by atoms with Gasteiger partial charge >= 0.3 is 0 Å². The minimum absolute atomic E-state index is 0.00222.